The van der Waals surface area contributed by atoms with Crippen LogP contribution in [0.1, 0.15) is 0 Å². The molecule has 0 bridgehead atoms. The van der Waals surface area contributed by atoms with Gasteiger partial charge in [0.15, 0.2) is 7.14 Å². The highest BCUT2D eigenvalue weighted by atomic mass is 32.2. The average molecular weight is 971 g/mol. The van der Waals surface area contributed by atoms with E-state index >= 15 is 4.57 Å². The van der Waals surface area contributed by atoms with E-state index in [1.807, 2.05) is 36.4 Å². The molecule has 0 aliphatic carbocycles. The molecule has 4 heterocycles. The lowest BCUT2D eigenvalue weighted by Gasteiger charge is -2.30. The number of hydrogen-bond acceptors (Lipinski definition) is 3. The van der Waals surface area contributed by atoms with Crippen molar-refractivity contribution in [2.45, 2.75) is 9.79 Å². The van der Waals surface area contributed by atoms with E-state index < -0.39 is 7.14 Å². The average Bonchev–Trinajstić information content (AvgIpc) is 4.10. The molecule has 1 atom stereocenters. The van der Waals surface area contributed by atoms with Crippen molar-refractivity contribution >= 4 is 112 Å². The molecular weight excluding hydrogens is 928 g/mol. The summed E-state index contributed by atoms with van der Waals surface area (Å²) in [6.45, 7) is 0. The van der Waals surface area contributed by atoms with Crippen LogP contribution in [0.15, 0.2) is 265 Å². The van der Waals surface area contributed by atoms with E-state index in [4.69, 9.17) is 0 Å². The van der Waals surface area contributed by atoms with E-state index in [9.17, 15) is 0 Å². The largest absolute Gasteiger partial charge is 0.355 e. The minimum absolute atomic E-state index is 0.831. The molecule has 5 nitrogen and oxygen atoms in total. The first-order valence-corrected chi connectivity index (χ1v) is 27.2. The Morgan fingerprint density at radius 3 is 1.41 bits per heavy atom. The Morgan fingerprint density at radius 1 is 0.342 bits per heavy atom. The molecule has 0 saturated carbocycles. The Balaban J connectivity index is 0.901. The van der Waals surface area contributed by atoms with Crippen molar-refractivity contribution in [3.63, 3.8) is 0 Å². The molecule has 0 fully saturated rings. The van der Waals surface area contributed by atoms with Gasteiger partial charge in [-0.2, -0.15) is 0 Å². The van der Waals surface area contributed by atoms with E-state index in [0.717, 1.165) is 92.9 Å². The summed E-state index contributed by atoms with van der Waals surface area (Å²) in [6.07, 6.45) is 0. The van der Waals surface area contributed by atoms with Crippen LogP contribution in [0.3, 0.4) is 0 Å². The molecule has 0 spiro atoms. The molecule has 1 N–H and O–H groups in total. The van der Waals surface area contributed by atoms with E-state index in [1.54, 1.807) is 11.8 Å². The summed E-state index contributed by atoms with van der Waals surface area (Å²) in [5.74, 6) is 0. The summed E-state index contributed by atoms with van der Waals surface area (Å²) in [4.78, 5) is 1.99. The molecule has 1 aliphatic rings. The monoisotopic (exact) mass is 970 g/mol. The fourth-order valence-electron chi connectivity index (χ4n) is 11.6. The van der Waals surface area contributed by atoms with E-state index in [1.165, 1.54) is 37.8 Å². The van der Waals surface area contributed by atoms with Crippen LogP contribution in [-0.2, 0) is 4.57 Å². The van der Waals surface area contributed by atoms with Crippen LogP contribution >= 0.6 is 18.9 Å². The number of aromatic nitrogens is 3. The molecule has 0 amide bonds. The van der Waals surface area contributed by atoms with Crippen LogP contribution < -0.4 is 21.2 Å². The van der Waals surface area contributed by atoms with Crippen molar-refractivity contribution in [1.29, 1.82) is 0 Å². The van der Waals surface area contributed by atoms with Gasteiger partial charge in [0, 0.05) is 92.0 Å². The van der Waals surface area contributed by atoms with Crippen molar-refractivity contribution in [2.24, 2.45) is 0 Å². The predicted molar refractivity (Wildman–Crippen MR) is 308 cm³/mol. The summed E-state index contributed by atoms with van der Waals surface area (Å²) in [6, 6.07) is 90.5. The molecule has 344 valence electrons. The van der Waals surface area contributed by atoms with Crippen molar-refractivity contribution in [2.75, 3.05) is 5.32 Å². The quantitative estimate of drug-likeness (QED) is 0.162. The van der Waals surface area contributed by atoms with Gasteiger partial charge in [-0.25, -0.2) is 0 Å². The fourth-order valence-corrected chi connectivity index (χ4v) is 16.3. The Kier molecular flexibility index (Phi) is 9.41. The van der Waals surface area contributed by atoms with Crippen molar-refractivity contribution in [3.8, 4) is 28.2 Å². The van der Waals surface area contributed by atoms with Crippen LogP contribution in [0.4, 0.5) is 11.4 Å². The smallest absolute Gasteiger partial charge is 0.173 e. The maximum atomic E-state index is 16.4. The standard InChI is InChI=1S/C66H43N4OPS/c71-72(48-22-8-3-9-23-48)63-36-33-46(69-58-30-16-11-25-50(58)53-38-43(32-35-60(53)69)49-24-10-14-28-56(49)67-44-18-4-1-5-19-44)39-65(63)73-66-40-47(34-37-64(66)72)70-59-31-17-13-27-52(59)55-41-54-51-26-12-15-29-57(51)68(61(54)42-62(55)70)45-20-6-2-7-21-45/h1-42,67H. The topological polar surface area (TPSA) is 43.9 Å². The second-order valence-electron chi connectivity index (χ2n) is 18.9. The second kappa shape index (κ2) is 16.4. The van der Waals surface area contributed by atoms with Crippen LogP contribution in [0.5, 0.6) is 0 Å². The first-order valence-electron chi connectivity index (χ1n) is 24.7. The number of nitrogens with one attached hydrogen (secondary N) is 1. The van der Waals surface area contributed by atoms with Crippen molar-refractivity contribution in [1.82, 2.24) is 13.7 Å². The van der Waals surface area contributed by atoms with E-state index in [2.05, 4.69) is 237 Å². The lowest BCUT2D eigenvalue weighted by atomic mass is 10.0. The summed E-state index contributed by atoms with van der Waals surface area (Å²) >= 11 is 1.72. The van der Waals surface area contributed by atoms with Gasteiger partial charge in [0.25, 0.3) is 0 Å². The zero-order chi connectivity index (χ0) is 48.2. The van der Waals surface area contributed by atoms with E-state index in [0.29, 0.717) is 0 Å². The first kappa shape index (κ1) is 41.9. The van der Waals surface area contributed by atoms with Gasteiger partial charge in [-0.1, -0.05) is 157 Å². The third-order valence-corrected chi connectivity index (χ3v) is 19.4. The van der Waals surface area contributed by atoms with E-state index in [-0.39, 0.29) is 0 Å². The molecule has 1 unspecified atom stereocenters. The van der Waals surface area contributed by atoms with Gasteiger partial charge >= 0.3 is 0 Å². The summed E-state index contributed by atoms with van der Waals surface area (Å²) in [7, 11) is -3.34. The van der Waals surface area contributed by atoms with Crippen LogP contribution in [0.2, 0.25) is 0 Å². The van der Waals surface area contributed by atoms with Crippen molar-refractivity contribution in [3.05, 3.63) is 255 Å². The SMILES string of the molecule is O=P1(c2ccccc2)c2ccc(-n3c4ccccc4c4cc(-c5ccccc5Nc5ccccc5)ccc43)cc2Sc2cc(-n3c4ccccc4c4cc5c6ccccc6n(-c6ccccc6)c5cc43)ccc21. The third-order valence-electron chi connectivity index (χ3n) is 14.9. The van der Waals surface area contributed by atoms with Gasteiger partial charge in [-0.05, 0) is 115 Å². The zero-order valence-corrected chi connectivity index (χ0v) is 41.1. The summed E-state index contributed by atoms with van der Waals surface area (Å²) in [5.41, 5.74) is 14.3. The highest BCUT2D eigenvalue weighted by Gasteiger charge is 2.38. The fraction of sp³-hybridized carbons (Fsp3) is 0. The Labute approximate surface area is 425 Å². The molecule has 0 radical (unpaired) electrons. The summed E-state index contributed by atoms with van der Waals surface area (Å²) in [5, 5.41) is 13.4. The highest BCUT2D eigenvalue weighted by Crippen LogP contribution is 2.53. The Morgan fingerprint density at radius 2 is 0.808 bits per heavy atom. The normalized spacial score (nSPS) is 14.4. The van der Waals surface area contributed by atoms with Gasteiger partial charge < -0.3 is 23.6 Å². The molecule has 14 aromatic rings. The molecule has 11 aromatic carbocycles. The molecule has 1 aliphatic heterocycles. The minimum atomic E-state index is -3.34. The van der Waals surface area contributed by atoms with Gasteiger partial charge in [-0.3, -0.25) is 0 Å². The number of fused-ring (bicyclic) bond motifs is 11. The molecule has 3 aromatic heterocycles. The van der Waals surface area contributed by atoms with Gasteiger partial charge in [0.2, 0.25) is 0 Å². The lowest BCUT2D eigenvalue weighted by molar-refractivity contribution is 0.591. The zero-order valence-electron chi connectivity index (χ0n) is 39.4. The molecule has 7 heteroatoms. The third kappa shape index (κ3) is 6.41. The summed E-state index contributed by atoms with van der Waals surface area (Å²) < 4.78 is 23.6. The van der Waals surface area contributed by atoms with Gasteiger partial charge in [0.1, 0.15) is 0 Å². The molecular formula is C66H43N4OPS. The molecule has 73 heavy (non-hydrogen) atoms. The van der Waals surface area contributed by atoms with Gasteiger partial charge in [-0.15, -0.1) is 0 Å². The number of nitrogens with zero attached hydrogens (tertiary/aromatic N) is 3. The van der Waals surface area contributed by atoms with Crippen LogP contribution in [0.25, 0.3) is 93.6 Å². The maximum Gasteiger partial charge on any atom is 0.173 e. The first-order chi connectivity index (χ1) is 36.1. The van der Waals surface area contributed by atoms with Crippen LogP contribution in [-0.4, -0.2) is 13.7 Å². The molecule has 0 saturated heterocycles. The van der Waals surface area contributed by atoms with Crippen LogP contribution in [0, 0.1) is 0 Å². The molecule has 15 rings (SSSR count). The minimum Gasteiger partial charge on any atom is -0.355 e. The Hall–Kier alpha value is -8.80. The highest BCUT2D eigenvalue weighted by molar-refractivity contribution is 8.02. The number of rotatable bonds is 7. The predicted octanol–water partition coefficient (Wildman–Crippen LogP) is 16.5. The number of hydrogen-bond donors (Lipinski definition) is 1. The Bertz CT molecular complexity index is 4590. The number of para-hydroxylation sites is 6. The van der Waals surface area contributed by atoms with Gasteiger partial charge in [0.05, 0.1) is 33.1 Å². The van der Waals surface area contributed by atoms with Crippen molar-refractivity contribution < 1.29 is 4.57 Å². The number of anilines is 2. The second-order valence-corrected chi connectivity index (χ2v) is 22.7. The number of benzene rings is 11. The lowest BCUT2D eigenvalue weighted by Crippen LogP contribution is -2.30. The maximum absolute atomic E-state index is 16.4.